The van der Waals surface area contributed by atoms with Gasteiger partial charge in [-0.05, 0) is 29.0 Å². The van der Waals surface area contributed by atoms with Gasteiger partial charge in [-0.1, -0.05) is 0 Å². The number of halogens is 1. The number of pyridine rings is 1. The van der Waals surface area contributed by atoms with E-state index in [1.165, 1.54) is 0 Å². The molecule has 0 aromatic carbocycles. The fraction of sp³-hybridized carbons (Fsp3) is 0.545. The average molecular weight is 286 g/mol. The molecule has 0 N–H and O–H groups in total. The fourth-order valence-electron chi connectivity index (χ4n) is 1.82. The lowest BCUT2D eigenvalue weighted by Crippen LogP contribution is -2.44. The van der Waals surface area contributed by atoms with Gasteiger partial charge in [0.05, 0.1) is 7.11 Å². The average Bonchev–Trinajstić information content (AvgIpc) is 2.30. The van der Waals surface area contributed by atoms with Gasteiger partial charge in [-0.25, -0.2) is 4.98 Å². The van der Waals surface area contributed by atoms with Gasteiger partial charge in [-0.2, -0.15) is 0 Å². The zero-order valence-corrected chi connectivity index (χ0v) is 11.2. The van der Waals surface area contributed by atoms with Crippen LogP contribution in [-0.2, 0) is 0 Å². The zero-order valence-electron chi connectivity index (χ0n) is 9.61. The maximum Gasteiger partial charge on any atom is 0.171 e. The monoisotopic (exact) mass is 285 g/mol. The third kappa shape index (κ3) is 2.47. The predicted octanol–water partition coefficient (Wildman–Crippen LogP) is 1.60. The van der Waals surface area contributed by atoms with Gasteiger partial charge in [-0.15, -0.1) is 0 Å². The molecule has 1 aliphatic rings. The first-order valence-electron chi connectivity index (χ1n) is 5.33. The number of piperazine rings is 1. The minimum Gasteiger partial charge on any atom is -0.493 e. The fourth-order valence-corrected chi connectivity index (χ4v) is 2.13. The van der Waals surface area contributed by atoms with Crippen LogP contribution in [0, 0.1) is 0 Å². The minimum absolute atomic E-state index is 0.832. The summed E-state index contributed by atoms with van der Waals surface area (Å²) >= 11 is 3.40. The second kappa shape index (κ2) is 5.01. The van der Waals surface area contributed by atoms with Crippen LogP contribution in [-0.4, -0.2) is 50.2 Å². The third-order valence-corrected chi connectivity index (χ3v) is 3.26. The molecule has 4 nitrogen and oxygen atoms in total. The number of hydrogen-bond donors (Lipinski definition) is 0. The Labute approximate surface area is 104 Å². The lowest BCUT2D eigenvalue weighted by atomic mass is 10.3. The van der Waals surface area contributed by atoms with Crippen molar-refractivity contribution in [3.05, 3.63) is 16.7 Å². The van der Waals surface area contributed by atoms with Crippen LogP contribution in [0.4, 0.5) is 5.82 Å². The first-order valence-corrected chi connectivity index (χ1v) is 6.13. The number of ether oxygens (including phenoxy) is 1. The van der Waals surface area contributed by atoms with Gasteiger partial charge in [-0.3, -0.25) is 0 Å². The van der Waals surface area contributed by atoms with E-state index >= 15 is 0 Å². The highest BCUT2D eigenvalue weighted by molar-refractivity contribution is 9.10. The van der Waals surface area contributed by atoms with E-state index in [1.807, 2.05) is 12.3 Å². The Bertz CT molecular complexity index is 364. The second-order valence-electron chi connectivity index (χ2n) is 3.97. The van der Waals surface area contributed by atoms with Crippen molar-refractivity contribution in [3.8, 4) is 5.75 Å². The second-order valence-corrected chi connectivity index (χ2v) is 4.89. The highest BCUT2D eigenvalue weighted by atomic mass is 79.9. The molecule has 0 aliphatic carbocycles. The molecule has 1 aromatic heterocycles. The van der Waals surface area contributed by atoms with E-state index in [1.54, 1.807) is 7.11 Å². The van der Waals surface area contributed by atoms with E-state index in [0.717, 1.165) is 42.2 Å². The van der Waals surface area contributed by atoms with Crippen LogP contribution in [0.3, 0.4) is 0 Å². The number of rotatable bonds is 2. The van der Waals surface area contributed by atoms with Crippen molar-refractivity contribution in [1.29, 1.82) is 0 Å². The molecule has 1 aliphatic heterocycles. The lowest BCUT2D eigenvalue weighted by molar-refractivity contribution is 0.310. The molecule has 0 unspecified atom stereocenters. The number of anilines is 1. The molecule has 0 bridgehead atoms. The largest absolute Gasteiger partial charge is 0.493 e. The van der Waals surface area contributed by atoms with Crippen LogP contribution in [0.2, 0.25) is 0 Å². The van der Waals surface area contributed by atoms with Crippen LogP contribution in [0.5, 0.6) is 5.75 Å². The quantitative estimate of drug-likeness (QED) is 0.826. The summed E-state index contributed by atoms with van der Waals surface area (Å²) in [4.78, 5) is 9.02. The third-order valence-electron chi connectivity index (χ3n) is 2.82. The van der Waals surface area contributed by atoms with Crippen molar-refractivity contribution in [3.63, 3.8) is 0 Å². The topological polar surface area (TPSA) is 28.6 Å². The predicted molar refractivity (Wildman–Crippen MR) is 68.2 cm³/mol. The summed E-state index contributed by atoms with van der Waals surface area (Å²) in [6.07, 6.45) is 1.82. The molecule has 0 atom stereocenters. The first-order chi connectivity index (χ1) is 7.70. The number of likely N-dealkylation sites (N-methyl/N-ethyl adjacent to an activating group) is 1. The molecular weight excluding hydrogens is 270 g/mol. The van der Waals surface area contributed by atoms with Gasteiger partial charge in [0, 0.05) is 36.8 Å². The Kier molecular flexibility index (Phi) is 3.66. The molecule has 0 radical (unpaired) electrons. The lowest BCUT2D eigenvalue weighted by Gasteiger charge is -2.33. The number of methoxy groups -OCH3 is 1. The van der Waals surface area contributed by atoms with E-state index in [0.29, 0.717) is 0 Å². The molecule has 0 spiro atoms. The SMILES string of the molecule is COc1cc(Br)cnc1N1CCN(C)CC1. The summed E-state index contributed by atoms with van der Waals surface area (Å²) in [5, 5.41) is 0. The van der Waals surface area contributed by atoms with E-state index in [9.17, 15) is 0 Å². The van der Waals surface area contributed by atoms with E-state index in [4.69, 9.17) is 4.74 Å². The molecule has 2 rings (SSSR count). The number of nitrogens with zero attached hydrogens (tertiary/aromatic N) is 3. The summed E-state index contributed by atoms with van der Waals surface area (Å²) in [6, 6.07) is 1.96. The minimum atomic E-state index is 0.832. The van der Waals surface area contributed by atoms with Gasteiger partial charge >= 0.3 is 0 Å². The summed E-state index contributed by atoms with van der Waals surface area (Å²) in [5.41, 5.74) is 0. The van der Waals surface area contributed by atoms with Crippen LogP contribution in [0.1, 0.15) is 0 Å². The molecule has 1 saturated heterocycles. The maximum atomic E-state index is 5.36. The van der Waals surface area contributed by atoms with Crippen molar-refractivity contribution in [1.82, 2.24) is 9.88 Å². The van der Waals surface area contributed by atoms with Gasteiger partial charge in [0.1, 0.15) is 0 Å². The summed E-state index contributed by atoms with van der Waals surface area (Å²) in [6.45, 7) is 4.14. The molecule has 88 valence electrons. The smallest absolute Gasteiger partial charge is 0.171 e. The van der Waals surface area contributed by atoms with Crippen LogP contribution < -0.4 is 9.64 Å². The highest BCUT2D eigenvalue weighted by Gasteiger charge is 2.18. The standard InChI is InChI=1S/C11H16BrN3O/c1-14-3-5-15(6-4-14)11-10(16-2)7-9(12)8-13-11/h7-8H,3-6H2,1-2H3. The Hall–Kier alpha value is -0.810. The maximum absolute atomic E-state index is 5.36. The Morgan fingerprint density at radius 1 is 1.31 bits per heavy atom. The van der Waals surface area contributed by atoms with Crippen molar-refractivity contribution in [2.24, 2.45) is 0 Å². The summed E-state index contributed by atoms with van der Waals surface area (Å²) in [5.74, 6) is 1.78. The summed E-state index contributed by atoms with van der Waals surface area (Å²) in [7, 11) is 3.83. The molecule has 0 amide bonds. The van der Waals surface area contributed by atoms with Crippen molar-refractivity contribution >= 4 is 21.7 Å². The van der Waals surface area contributed by atoms with Gasteiger partial charge in [0.2, 0.25) is 0 Å². The molecule has 1 aromatic rings. The molecule has 5 heteroatoms. The van der Waals surface area contributed by atoms with Gasteiger partial charge < -0.3 is 14.5 Å². The van der Waals surface area contributed by atoms with E-state index in [2.05, 4.69) is 37.8 Å². The zero-order chi connectivity index (χ0) is 11.5. The molecule has 0 saturated carbocycles. The van der Waals surface area contributed by atoms with Crippen molar-refractivity contribution in [2.75, 3.05) is 45.2 Å². The van der Waals surface area contributed by atoms with Gasteiger partial charge in [0.15, 0.2) is 11.6 Å². The van der Waals surface area contributed by atoms with E-state index in [-0.39, 0.29) is 0 Å². The van der Waals surface area contributed by atoms with Gasteiger partial charge in [0.25, 0.3) is 0 Å². The molecule has 1 fully saturated rings. The Morgan fingerprint density at radius 2 is 2.00 bits per heavy atom. The molecule has 2 heterocycles. The van der Waals surface area contributed by atoms with Crippen molar-refractivity contribution < 1.29 is 4.74 Å². The number of hydrogen-bond acceptors (Lipinski definition) is 4. The first kappa shape index (κ1) is 11.7. The number of aromatic nitrogens is 1. The molecule has 16 heavy (non-hydrogen) atoms. The van der Waals surface area contributed by atoms with E-state index < -0.39 is 0 Å². The Morgan fingerprint density at radius 3 is 2.62 bits per heavy atom. The summed E-state index contributed by atoms with van der Waals surface area (Å²) < 4.78 is 6.30. The van der Waals surface area contributed by atoms with Crippen molar-refractivity contribution in [2.45, 2.75) is 0 Å². The van der Waals surface area contributed by atoms with Crippen LogP contribution in [0.15, 0.2) is 16.7 Å². The van der Waals surface area contributed by atoms with Crippen LogP contribution >= 0.6 is 15.9 Å². The molecular formula is C11H16BrN3O. The van der Waals surface area contributed by atoms with Crippen LogP contribution in [0.25, 0.3) is 0 Å². The normalized spacial score (nSPS) is 17.6. The Balaban J connectivity index is 2.19. The highest BCUT2D eigenvalue weighted by Crippen LogP contribution is 2.28.